The third-order valence-electron chi connectivity index (χ3n) is 0.871. The molecule has 0 saturated carbocycles. The molecule has 0 unspecified atom stereocenters. The molecule has 0 saturated heterocycles. The SMILES string of the molecule is C=C/C=C(/N)CCC. The lowest BCUT2D eigenvalue weighted by molar-refractivity contribution is 0.893. The Morgan fingerprint density at radius 3 is 2.75 bits per heavy atom. The van der Waals surface area contributed by atoms with E-state index in [0.717, 1.165) is 18.5 Å². The Balaban J connectivity index is 3.44. The molecular weight excluding hydrogens is 98.1 g/mol. The zero-order valence-electron chi connectivity index (χ0n) is 5.35. The van der Waals surface area contributed by atoms with Crippen LogP contribution in [0, 0.1) is 0 Å². The van der Waals surface area contributed by atoms with Gasteiger partial charge in [0.25, 0.3) is 0 Å². The minimum absolute atomic E-state index is 0.919. The molecule has 1 heteroatoms. The second-order valence-corrected chi connectivity index (χ2v) is 1.73. The highest BCUT2D eigenvalue weighted by Crippen LogP contribution is 1.95. The van der Waals surface area contributed by atoms with Crippen molar-refractivity contribution in [3.8, 4) is 0 Å². The first-order chi connectivity index (χ1) is 3.81. The first-order valence-corrected chi connectivity index (χ1v) is 2.88. The second kappa shape index (κ2) is 4.44. The van der Waals surface area contributed by atoms with Crippen molar-refractivity contribution in [1.29, 1.82) is 0 Å². The van der Waals surface area contributed by atoms with Gasteiger partial charge >= 0.3 is 0 Å². The predicted molar refractivity (Wildman–Crippen MR) is 37.4 cm³/mol. The summed E-state index contributed by atoms with van der Waals surface area (Å²) < 4.78 is 0. The Morgan fingerprint density at radius 2 is 2.38 bits per heavy atom. The van der Waals surface area contributed by atoms with Crippen molar-refractivity contribution in [3.05, 3.63) is 24.4 Å². The molecule has 0 aliphatic rings. The molecule has 8 heavy (non-hydrogen) atoms. The van der Waals surface area contributed by atoms with Crippen molar-refractivity contribution in [2.75, 3.05) is 0 Å². The van der Waals surface area contributed by atoms with Crippen LogP contribution >= 0.6 is 0 Å². The molecule has 0 amide bonds. The van der Waals surface area contributed by atoms with Crippen LogP contribution in [-0.2, 0) is 0 Å². The first kappa shape index (κ1) is 7.28. The summed E-state index contributed by atoms with van der Waals surface area (Å²) in [5.74, 6) is 0. The van der Waals surface area contributed by atoms with Gasteiger partial charge in [-0.3, -0.25) is 0 Å². The van der Waals surface area contributed by atoms with E-state index in [2.05, 4.69) is 13.5 Å². The van der Waals surface area contributed by atoms with Crippen LogP contribution in [0.25, 0.3) is 0 Å². The van der Waals surface area contributed by atoms with Gasteiger partial charge in [-0.1, -0.05) is 26.0 Å². The van der Waals surface area contributed by atoms with Crippen LogP contribution < -0.4 is 5.73 Å². The van der Waals surface area contributed by atoms with Gasteiger partial charge < -0.3 is 5.73 Å². The van der Waals surface area contributed by atoms with Crippen LogP contribution in [0.3, 0.4) is 0 Å². The fourth-order valence-corrected chi connectivity index (χ4v) is 0.523. The summed E-state index contributed by atoms with van der Waals surface area (Å²) in [4.78, 5) is 0. The Bertz CT molecular complexity index is 92.6. The van der Waals surface area contributed by atoms with E-state index >= 15 is 0 Å². The van der Waals surface area contributed by atoms with Gasteiger partial charge in [-0.15, -0.1) is 0 Å². The lowest BCUT2D eigenvalue weighted by Gasteiger charge is -1.92. The van der Waals surface area contributed by atoms with E-state index in [4.69, 9.17) is 5.73 Å². The fraction of sp³-hybridized carbons (Fsp3) is 0.429. The largest absolute Gasteiger partial charge is 0.402 e. The van der Waals surface area contributed by atoms with Crippen LogP contribution in [0.1, 0.15) is 19.8 Å². The summed E-state index contributed by atoms with van der Waals surface area (Å²) in [5.41, 5.74) is 6.40. The summed E-state index contributed by atoms with van der Waals surface area (Å²) in [6, 6.07) is 0. The molecular formula is C7H13N. The molecule has 0 fully saturated rings. The van der Waals surface area contributed by atoms with Crippen LogP contribution in [0.15, 0.2) is 24.4 Å². The third-order valence-corrected chi connectivity index (χ3v) is 0.871. The number of hydrogen-bond donors (Lipinski definition) is 1. The molecule has 0 heterocycles. The molecule has 0 spiro atoms. The molecule has 0 aromatic heterocycles. The number of rotatable bonds is 3. The standard InChI is InChI=1S/C7H13N/c1-3-5-7(8)6-4-2/h3,5H,1,4,6,8H2,2H3/b7-5+. The van der Waals surface area contributed by atoms with Gasteiger partial charge in [0.2, 0.25) is 0 Å². The van der Waals surface area contributed by atoms with Gasteiger partial charge in [0, 0.05) is 5.70 Å². The average molecular weight is 111 g/mol. The van der Waals surface area contributed by atoms with E-state index < -0.39 is 0 Å². The van der Waals surface area contributed by atoms with E-state index in [-0.39, 0.29) is 0 Å². The van der Waals surface area contributed by atoms with Crippen LogP contribution in [0.4, 0.5) is 0 Å². The number of allylic oxidation sites excluding steroid dienone is 3. The van der Waals surface area contributed by atoms with Gasteiger partial charge in [0.05, 0.1) is 0 Å². The maximum atomic E-state index is 5.48. The first-order valence-electron chi connectivity index (χ1n) is 2.88. The summed E-state index contributed by atoms with van der Waals surface area (Å²) in [6.45, 7) is 5.63. The Kier molecular flexibility index (Phi) is 4.04. The molecule has 0 aliphatic heterocycles. The highest BCUT2D eigenvalue weighted by atomic mass is 14.6. The Labute approximate surface area is 50.9 Å². The maximum Gasteiger partial charge on any atom is 0.00801 e. The van der Waals surface area contributed by atoms with Crippen molar-refractivity contribution >= 4 is 0 Å². The van der Waals surface area contributed by atoms with Gasteiger partial charge in [-0.05, 0) is 12.5 Å². The van der Waals surface area contributed by atoms with E-state index in [1.165, 1.54) is 0 Å². The minimum atomic E-state index is 0.919. The molecule has 0 aromatic carbocycles. The van der Waals surface area contributed by atoms with Crippen molar-refractivity contribution in [2.24, 2.45) is 5.73 Å². The van der Waals surface area contributed by atoms with Crippen molar-refractivity contribution in [2.45, 2.75) is 19.8 Å². The van der Waals surface area contributed by atoms with Gasteiger partial charge in [0.15, 0.2) is 0 Å². The second-order valence-electron chi connectivity index (χ2n) is 1.73. The fourth-order valence-electron chi connectivity index (χ4n) is 0.523. The molecule has 46 valence electrons. The van der Waals surface area contributed by atoms with Crippen LogP contribution in [0.2, 0.25) is 0 Å². The molecule has 0 radical (unpaired) electrons. The topological polar surface area (TPSA) is 26.0 Å². The predicted octanol–water partition coefficient (Wildman–Crippen LogP) is 1.82. The lowest BCUT2D eigenvalue weighted by atomic mass is 10.2. The quantitative estimate of drug-likeness (QED) is 0.552. The Hall–Kier alpha value is -0.720. The summed E-state index contributed by atoms with van der Waals surface area (Å²) >= 11 is 0. The van der Waals surface area contributed by atoms with Gasteiger partial charge in [0.1, 0.15) is 0 Å². The normalized spacial score (nSPS) is 11.4. The van der Waals surface area contributed by atoms with Crippen molar-refractivity contribution in [1.82, 2.24) is 0 Å². The summed E-state index contributed by atoms with van der Waals surface area (Å²) in [6.07, 6.45) is 5.64. The molecule has 0 aromatic rings. The average Bonchev–Trinajstić information content (AvgIpc) is 1.68. The van der Waals surface area contributed by atoms with Crippen molar-refractivity contribution < 1.29 is 0 Å². The molecule has 0 rings (SSSR count). The van der Waals surface area contributed by atoms with Crippen molar-refractivity contribution in [3.63, 3.8) is 0 Å². The third kappa shape index (κ3) is 3.47. The molecule has 0 bridgehead atoms. The van der Waals surface area contributed by atoms with E-state index in [1.54, 1.807) is 6.08 Å². The highest BCUT2D eigenvalue weighted by Gasteiger charge is 1.81. The van der Waals surface area contributed by atoms with Gasteiger partial charge in [-0.2, -0.15) is 0 Å². The molecule has 2 N–H and O–H groups in total. The lowest BCUT2D eigenvalue weighted by Crippen LogP contribution is -1.94. The maximum absolute atomic E-state index is 5.48. The number of hydrogen-bond acceptors (Lipinski definition) is 1. The Morgan fingerprint density at radius 1 is 1.75 bits per heavy atom. The zero-order chi connectivity index (χ0) is 6.41. The van der Waals surface area contributed by atoms with E-state index in [0.29, 0.717) is 0 Å². The smallest absolute Gasteiger partial charge is 0.00801 e. The minimum Gasteiger partial charge on any atom is -0.402 e. The number of nitrogens with two attached hydrogens (primary N) is 1. The molecule has 0 aliphatic carbocycles. The van der Waals surface area contributed by atoms with Crippen LogP contribution in [-0.4, -0.2) is 0 Å². The van der Waals surface area contributed by atoms with E-state index in [1.807, 2.05) is 6.08 Å². The van der Waals surface area contributed by atoms with E-state index in [9.17, 15) is 0 Å². The van der Waals surface area contributed by atoms with Crippen LogP contribution in [0.5, 0.6) is 0 Å². The molecule has 0 atom stereocenters. The van der Waals surface area contributed by atoms with Gasteiger partial charge in [-0.25, -0.2) is 0 Å². The highest BCUT2D eigenvalue weighted by molar-refractivity contribution is 5.05. The zero-order valence-corrected chi connectivity index (χ0v) is 5.35. The summed E-state index contributed by atoms with van der Waals surface area (Å²) in [5, 5.41) is 0. The molecule has 1 nitrogen and oxygen atoms in total. The summed E-state index contributed by atoms with van der Waals surface area (Å²) in [7, 11) is 0. The monoisotopic (exact) mass is 111 g/mol.